The fourth-order valence-corrected chi connectivity index (χ4v) is 2.86. The third-order valence-corrected chi connectivity index (χ3v) is 4.04. The van der Waals surface area contributed by atoms with E-state index in [1.54, 1.807) is 12.1 Å². The number of fused-ring (bicyclic) bond motifs is 1. The largest absolute Gasteiger partial charge is 0.490 e. The van der Waals surface area contributed by atoms with Crippen LogP contribution in [0.2, 0.25) is 5.02 Å². The summed E-state index contributed by atoms with van der Waals surface area (Å²) >= 11 is 6.07. The van der Waals surface area contributed by atoms with E-state index in [9.17, 15) is 4.79 Å². The van der Waals surface area contributed by atoms with Gasteiger partial charge in [0.05, 0.1) is 13.2 Å². The molecule has 2 aromatic rings. The van der Waals surface area contributed by atoms with Crippen LogP contribution in [0.5, 0.6) is 11.5 Å². The Morgan fingerprint density at radius 3 is 2.68 bits per heavy atom. The Hall–Kier alpha value is -2.46. The number of carbonyl (C=O) groups excluding carboxylic acids is 1. The van der Waals surface area contributed by atoms with Gasteiger partial charge in [0, 0.05) is 21.8 Å². The molecule has 1 amide bonds. The molecule has 4 nitrogen and oxygen atoms in total. The quantitative estimate of drug-likeness (QED) is 0.738. The van der Waals surface area contributed by atoms with E-state index in [4.69, 9.17) is 21.1 Å². The molecule has 1 N–H and O–H groups in total. The lowest BCUT2D eigenvalue weighted by Crippen LogP contribution is -2.03. The summed E-state index contributed by atoms with van der Waals surface area (Å²) in [4.78, 5) is 12.3. The molecule has 2 aromatic carbocycles. The molecular formula is C20H20ClNO3. The highest BCUT2D eigenvalue weighted by molar-refractivity contribution is 6.36. The molecule has 0 atom stereocenters. The van der Waals surface area contributed by atoms with Crippen molar-refractivity contribution < 1.29 is 14.3 Å². The SMILES string of the molecule is CCCOc1ccc(C=C2C(=O)Nc3ccc(Cl)cc32)cc1OCC. The van der Waals surface area contributed by atoms with Gasteiger partial charge < -0.3 is 14.8 Å². The van der Waals surface area contributed by atoms with Crippen molar-refractivity contribution in [1.29, 1.82) is 0 Å². The average molecular weight is 358 g/mol. The molecule has 5 heteroatoms. The topological polar surface area (TPSA) is 47.6 Å². The Kier molecular flexibility index (Phi) is 5.29. The second-order valence-corrected chi connectivity index (χ2v) is 6.13. The number of halogens is 1. The van der Waals surface area contributed by atoms with Crippen LogP contribution in [0, 0.1) is 0 Å². The first-order chi connectivity index (χ1) is 12.1. The molecule has 1 aliphatic rings. The average Bonchev–Trinajstić information content (AvgIpc) is 2.90. The first-order valence-electron chi connectivity index (χ1n) is 8.35. The van der Waals surface area contributed by atoms with Gasteiger partial charge in [-0.25, -0.2) is 0 Å². The van der Waals surface area contributed by atoms with Crippen LogP contribution in [0.15, 0.2) is 36.4 Å². The van der Waals surface area contributed by atoms with E-state index in [0.29, 0.717) is 35.3 Å². The van der Waals surface area contributed by atoms with E-state index in [0.717, 1.165) is 23.2 Å². The van der Waals surface area contributed by atoms with E-state index in [1.807, 2.05) is 37.3 Å². The lowest BCUT2D eigenvalue weighted by atomic mass is 10.0. The number of nitrogens with one attached hydrogen (secondary N) is 1. The van der Waals surface area contributed by atoms with Gasteiger partial charge in [-0.05, 0) is 55.3 Å². The Bertz CT molecular complexity index is 830. The molecule has 0 spiro atoms. The summed E-state index contributed by atoms with van der Waals surface area (Å²) in [6, 6.07) is 11.0. The molecule has 25 heavy (non-hydrogen) atoms. The van der Waals surface area contributed by atoms with Gasteiger partial charge in [0.1, 0.15) is 0 Å². The minimum Gasteiger partial charge on any atom is -0.490 e. The number of hydrogen-bond donors (Lipinski definition) is 1. The summed E-state index contributed by atoms with van der Waals surface area (Å²) in [5.41, 5.74) is 3.03. The predicted octanol–water partition coefficient (Wildman–Crippen LogP) is 5.02. The van der Waals surface area contributed by atoms with Crippen LogP contribution in [0.25, 0.3) is 11.6 Å². The van der Waals surface area contributed by atoms with Crippen LogP contribution in [-0.4, -0.2) is 19.1 Å². The Balaban J connectivity index is 1.97. The summed E-state index contributed by atoms with van der Waals surface area (Å²) in [6.45, 7) is 5.16. The predicted molar refractivity (Wildman–Crippen MR) is 101 cm³/mol. The second kappa shape index (κ2) is 7.62. The Labute approximate surface area is 152 Å². The maximum absolute atomic E-state index is 12.3. The zero-order valence-corrected chi connectivity index (χ0v) is 15.0. The second-order valence-electron chi connectivity index (χ2n) is 5.69. The van der Waals surface area contributed by atoms with Gasteiger partial charge in [-0.15, -0.1) is 0 Å². The van der Waals surface area contributed by atoms with E-state index in [2.05, 4.69) is 12.2 Å². The molecule has 0 fully saturated rings. The molecule has 130 valence electrons. The number of rotatable bonds is 6. The maximum Gasteiger partial charge on any atom is 0.256 e. The molecule has 0 aliphatic carbocycles. The van der Waals surface area contributed by atoms with Crippen molar-refractivity contribution in [3.63, 3.8) is 0 Å². The molecule has 3 rings (SSSR count). The van der Waals surface area contributed by atoms with Gasteiger partial charge in [-0.2, -0.15) is 0 Å². The van der Waals surface area contributed by atoms with Crippen molar-refractivity contribution in [2.45, 2.75) is 20.3 Å². The summed E-state index contributed by atoms with van der Waals surface area (Å²) in [6.07, 6.45) is 2.76. The van der Waals surface area contributed by atoms with Crippen LogP contribution in [-0.2, 0) is 4.79 Å². The lowest BCUT2D eigenvalue weighted by Gasteiger charge is -2.12. The highest BCUT2D eigenvalue weighted by Gasteiger charge is 2.24. The number of ether oxygens (including phenoxy) is 2. The van der Waals surface area contributed by atoms with Crippen LogP contribution in [0.4, 0.5) is 5.69 Å². The van der Waals surface area contributed by atoms with Crippen molar-refractivity contribution in [3.05, 3.63) is 52.5 Å². The van der Waals surface area contributed by atoms with Crippen molar-refractivity contribution in [3.8, 4) is 11.5 Å². The molecule has 1 heterocycles. The lowest BCUT2D eigenvalue weighted by molar-refractivity contribution is -0.110. The Morgan fingerprint density at radius 1 is 1.08 bits per heavy atom. The first kappa shape index (κ1) is 17.4. The number of hydrogen-bond acceptors (Lipinski definition) is 3. The Morgan fingerprint density at radius 2 is 1.92 bits per heavy atom. The van der Waals surface area contributed by atoms with Crippen molar-refractivity contribution in [2.75, 3.05) is 18.5 Å². The normalized spacial score (nSPS) is 14.4. The molecule has 0 radical (unpaired) electrons. The van der Waals surface area contributed by atoms with E-state index < -0.39 is 0 Å². The summed E-state index contributed by atoms with van der Waals surface area (Å²) in [5.74, 6) is 1.25. The van der Waals surface area contributed by atoms with Gasteiger partial charge in [0.2, 0.25) is 0 Å². The van der Waals surface area contributed by atoms with Crippen LogP contribution in [0.1, 0.15) is 31.4 Å². The van der Waals surface area contributed by atoms with E-state index >= 15 is 0 Å². The minimum atomic E-state index is -0.137. The highest BCUT2D eigenvalue weighted by Crippen LogP contribution is 2.36. The fraction of sp³-hybridized carbons (Fsp3) is 0.250. The number of benzene rings is 2. The van der Waals surface area contributed by atoms with Crippen LogP contribution >= 0.6 is 11.6 Å². The minimum absolute atomic E-state index is 0.137. The van der Waals surface area contributed by atoms with Crippen LogP contribution in [0.3, 0.4) is 0 Å². The highest BCUT2D eigenvalue weighted by atomic mass is 35.5. The smallest absolute Gasteiger partial charge is 0.256 e. The summed E-state index contributed by atoms with van der Waals surface area (Å²) in [5, 5.41) is 3.45. The fourth-order valence-electron chi connectivity index (χ4n) is 2.68. The molecule has 0 bridgehead atoms. The number of anilines is 1. The summed E-state index contributed by atoms with van der Waals surface area (Å²) in [7, 11) is 0. The van der Waals surface area contributed by atoms with Crippen molar-refractivity contribution in [1.82, 2.24) is 0 Å². The van der Waals surface area contributed by atoms with Gasteiger partial charge in [-0.3, -0.25) is 4.79 Å². The molecule has 0 saturated carbocycles. The van der Waals surface area contributed by atoms with Gasteiger partial charge in [0.15, 0.2) is 11.5 Å². The third kappa shape index (κ3) is 3.80. The zero-order chi connectivity index (χ0) is 17.8. The molecule has 0 aromatic heterocycles. The maximum atomic E-state index is 12.3. The number of carbonyl (C=O) groups is 1. The molecule has 1 aliphatic heterocycles. The molecule has 0 saturated heterocycles. The standard InChI is InChI=1S/C20H20ClNO3/c1-3-9-25-18-8-5-13(11-19(18)24-4-2)10-16-15-12-14(21)6-7-17(15)22-20(16)23/h5-8,10-12H,3-4,9H2,1-2H3,(H,22,23). The van der Waals surface area contributed by atoms with Crippen molar-refractivity contribution in [2.24, 2.45) is 0 Å². The summed E-state index contributed by atoms with van der Waals surface area (Å²) < 4.78 is 11.4. The monoisotopic (exact) mass is 357 g/mol. The van der Waals surface area contributed by atoms with Crippen LogP contribution < -0.4 is 14.8 Å². The van der Waals surface area contributed by atoms with E-state index in [1.165, 1.54) is 0 Å². The third-order valence-electron chi connectivity index (χ3n) is 3.80. The number of amides is 1. The first-order valence-corrected chi connectivity index (χ1v) is 8.72. The van der Waals surface area contributed by atoms with Crippen molar-refractivity contribution >= 4 is 34.8 Å². The van der Waals surface area contributed by atoms with Gasteiger partial charge in [-0.1, -0.05) is 24.6 Å². The zero-order valence-electron chi connectivity index (χ0n) is 14.3. The van der Waals surface area contributed by atoms with E-state index in [-0.39, 0.29) is 5.91 Å². The van der Waals surface area contributed by atoms with Gasteiger partial charge in [0.25, 0.3) is 5.91 Å². The van der Waals surface area contributed by atoms with Gasteiger partial charge >= 0.3 is 0 Å². The molecular weight excluding hydrogens is 338 g/mol. The molecule has 0 unspecified atom stereocenters.